The molecule has 2 aliphatic rings. The van der Waals surface area contributed by atoms with Crippen LogP contribution in [0.25, 0.3) is 0 Å². The van der Waals surface area contributed by atoms with Gasteiger partial charge in [0, 0.05) is 50.9 Å². The van der Waals surface area contributed by atoms with Crippen LogP contribution in [0.2, 0.25) is 0 Å². The first-order valence-electron chi connectivity index (χ1n) is 12.0. The van der Waals surface area contributed by atoms with Gasteiger partial charge in [0.05, 0.1) is 6.04 Å². The Hall–Kier alpha value is -4.20. The van der Waals surface area contributed by atoms with Crippen molar-refractivity contribution in [3.05, 3.63) is 82.9 Å². The van der Waals surface area contributed by atoms with Crippen molar-refractivity contribution < 1.29 is 24.5 Å². The minimum Gasteiger partial charge on any atom is -0.508 e. The molecule has 0 aromatic heterocycles. The van der Waals surface area contributed by atoms with Crippen molar-refractivity contribution in [1.29, 1.82) is 0 Å². The molecule has 0 unspecified atom stereocenters. The van der Waals surface area contributed by atoms with Gasteiger partial charge >= 0.3 is 0 Å². The van der Waals surface area contributed by atoms with E-state index < -0.39 is 0 Å². The van der Waals surface area contributed by atoms with Crippen LogP contribution in [0.1, 0.15) is 34.0 Å². The molecule has 2 heterocycles. The lowest BCUT2D eigenvalue weighted by molar-refractivity contribution is -0.132. The number of benzene rings is 3. The molecule has 3 aromatic carbocycles. The summed E-state index contributed by atoms with van der Waals surface area (Å²) in [5.41, 5.74) is 4.09. The number of nitrogens with zero attached hydrogens (tertiary/aromatic N) is 2. The summed E-state index contributed by atoms with van der Waals surface area (Å²) in [4.78, 5) is 28.6. The van der Waals surface area contributed by atoms with Gasteiger partial charge in [-0.05, 0) is 29.2 Å². The average molecular weight is 488 g/mol. The first-order valence-corrected chi connectivity index (χ1v) is 12.0. The number of ether oxygens (including phenoxy) is 1. The number of aromatic hydroxyl groups is 2. The Kier molecular flexibility index (Phi) is 6.41. The Morgan fingerprint density at radius 1 is 1.03 bits per heavy atom. The lowest BCUT2D eigenvalue weighted by atomic mass is 9.96. The molecular weight excluding hydrogens is 458 g/mol. The van der Waals surface area contributed by atoms with E-state index in [9.17, 15) is 19.8 Å². The molecule has 0 aliphatic carbocycles. The van der Waals surface area contributed by atoms with Gasteiger partial charge in [-0.2, -0.15) is 0 Å². The van der Waals surface area contributed by atoms with Crippen molar-refractivity contribution in [2.45, 2.75) is 32.5 Å². The zero-order valence-electron chi connectivity index (χ0n) is 20.1. The van der Waals surface area contributed by atoms with E-state index in [0.717, 1.165) is 22.9 Å². The third-order valence-corrected chi connectivity index (χ3v) is 6.76. The summed E-state index contributed by atoms with van der Waals surface area (Å²) in [5, 5.41) is 24.2. The Balaban J connectivity index is 1.35. The van der Waals surface area contributed by atoms with Crippen LogP contribution in [0, 0.1) is 0 Å². The molecule has 36 heavy (non-hydrogen) atoms. The fourth-order valence-corrected chi connectivity index (χ4v) is 4.75. The van der Waals surface area contributed by atoms with Gasteiger partial charge in [0.15, 0.2) is 0 Å². The van der Waals surface area contributed by atoms with Crippen LogP contribution < -0.4 is 10.1 Å². The summed E-state index contributed by atoms with van der Waals surface area (Å²) in [5.74, 6) is -0.652. The Labute approximate surface area is 209 Å². The molecule has 3 N–H and O–H groups in total. The Morgan fingerprint density at radius 3 is 2.56 bits per heavy atom. The van der Waals surface area contributed by atoms with E-state index in [0.29, 0.717) is 32.6 Å². The third kappa shape index (κ3) is 4.79. The zero-order chi connectivity index (χ0) is 25.2. The molecule has 186 valence electrons. The molecule has 0 bridgehead atoms. The predicted octanol–water partition coefficient (Wildman–Crippen LogP) is 3.52. The minimum atomic E-state index is -0.359. The second-order valence-corrected chi connectivity index (χ2v) is 9.30. The second kappa shape index (κ2) is 9.81. The molecule has 1 fully saturated rings. The molecular formula is C28H29N3O5. The summed E-state index contributed by atoms with van der Waals surface area (Å²) >= 11 is 0. The van der Waals surface area contributed by atoms with Crippen LogP contribution in [-0.2, 0) is 24.4 Å². The highest BCUT2D eigenvalue weighted by atomic mass is 16.5. The van der Waals surface area contributed by atoms with Crippen molar-refractivity contribution in [1.82, 2.24) is 9.80 Å². The van der Waals surface area contributed by atoms with Gasteiger partial charge < -0.3 is 30.1 Å². The van der Waals surface area contributed by atoms with Crippen molar-refractivity contribution in [2.75, 3.05) is 25.0 Å². The number of hydrogen-bond donors (Lipinski definition) is 3. The normalized spacial score (nSPS) is 15.1. The van der Waals surface area contributed by atoms with Gasteiger partial charge in [-0.3, -0.25) is 9.59 Å². The lowest BCUT2D eigenvalue weighted by Crippen LogP contribution is -2.56. The second-order valence-electron chi connectivity index (χ2n) is 9.30. The number of carbonyl (C=O) groups excluding carboxylic acids is 2. The van der Waals surface area contributed by atoms with E-state index in [4.69, 9.17) is 4.74 Å². The summed E-state index contributed by atoms with van der Waals surface area (Å²) < 4.78 is 5.88. The van der Waals surface area contributed by atoms with Crippen molar-refractivity contribution in [3.63, 3.8) is 0 Å². The maximum atomic E-state index is 13.6. The smallest absolute Gasteiger partial charge is 0.261 e. The fraction of sp³-hybridized carbons (Fsp3) is 0.286. The highest BCUT2D eigenvalue weighted by molar-refractivity contribution is 6.00. The summed E-state index contributed by atoms with van der Waals surface area (Å²) in [6.07, 6.45) is 0.680. The molecule has 3 aromatic rings. The molecule has 0 atom stereocenters. The van der Waals surface area contributed by atoms with Gasteiger partial charge in [0.1, 0.15) is 29.4 Å². The number of phenolic OH excluding ortho intramolecular Hbond substituents is 2. The molecule has 0 spiro atoms. The topological polar surface area (TPSA) is 102 Å². The number of nitrogens with one attached hydrogen (secondary N) is 1. The fourth-order valence-electron chi connectivity index (χ4n) is 4.75. The SMILES string of the molecule is CC(=O)N1CC(Nc2cccc3c2CN(C(=O)c2c(O)cc(O)cc2OCc2ccccc2)CC3)C1. The molecule has 2 amide bonds. The van der Waals surface area contributed by atoms with Crippen molar-refractivity contribution in [3.8, 4) is 17.2 Å². The molecule has 1 saturated heterocycles. The third-order valence-electron chi connectivity index (χ3n) is 6.76. The summed E-state index contributed by atoms with van der Waals surface area (Å²) in [6, 6.07) is 18.2. The van der Waals surface area contributed by atoms with Crippen molar-refractivity contribution in [2.24, 2.45) is 0 Å². The predicted molar refractivity (Wildman–Crippen MR) is 135 cm³/mol. The van der Waals surface area contributed by atoms with Gasteiger partial charge in [-0.1, -0.05) is 42.5 Å². The van der Waals surface area contributed by atoms with Crippen LogP contribution in [0.4, 0.5) is 5.69 Å². The maximum absolute atomic E-state index is 13.6. The quantitative estimate of drug-likeness (QED) is 0.492. The number of phenols is 2. The van der Waals surface area contributed by atoms with Crippen LogP contribution in [-0.4, -0.2) is 57.5 Å². The molecule has 2 aliphatic heterocycles. The molecule has 5 rings (SSSR count). The standard InChI is InChI=1S/C28H29N3O5/c1-18(32)31-14-21(15-31)29-24-9-5-8-20-10-11-30(16-23(20)24)28(35)27-25(34)12-22(33)13-26(27)36-17-19-6-3-2-4-7-19/h2-9,12-13,21,29,33-34H,10-11,14-17H2,1H3. The number of amides is 2. The first-order chi connectivity index (χ1) is 17.4. The van der Waals surface area contributed by atoms with Gasteiger partial charge in [-0.25, -0.2) is 0 Å². The van der Waals surface area contributed by atoms with Crippen molar-refractivity contribution >= 4 is 17.5 Å². The van der Waals surface area contributed by atoms with Crippen LogP contribution >= 0.6 is 0 Å². The first kappa shape index (κ1) is 23.5. The molecule has 0 saturated carbocycles. The molecule has 8 heteroatoms. The van der Waals surface area contributed by atoms with Crippen LogP contribution in [0.15, 0.2) is 60.7 Å². The number of rotatable bonds is 6. The van der Waals surface area contributed by atoms with Crippen LogP contribution in [0.3, 0.4) is 0 Å². The Morgan fingerprint density at radius 2 is 1.81 bits per heavy atom. The Bertz CT molecular complexity index is 1290. The summed E-state index contributed by atoms with van der Waals surface area (Å²) in [7, 11) is 0. The van der Waals surface area contributed by atoms with E-state index in [1.807, 2.05) is 42.5 Å². The minimum absolute atomic E-state index is 0.0358. The van der Waals surface area contributed by atoms with Gasteiger partial charge in [0.2, 0.25) is 5.91 Å². The summed E-state index contributed by atoms with van der Waals surface area (Å²) in [6.45, 7) is 3.95. The number of hydrogen-bond acceptors (Lipinski definition) is 6. The lowest BCUT2D eigenvalue weighted by Gasteiger charge is -2.40. The van der Waals surface area contributed by atoms with Crippen LogP contribution in [0.5, 0.6) is 17.2 Å². The monoisotopic (exact) mass is 487 g/mol. The number of likely N-dealkylation sites (tertiary alicyclic amines) is 1. The highest BCUT2D eigenvalue weighted by Crippen LogP contribution is 2.36. The number of fused-ring (bicyclic) bond motifs is 1. The number of carbonyl (C=O) groups is 2. The average Bonchev–Trinajstić information content (AvgIpc) is 2.84. The van der Waals surface area contributed by atoms with E-state index in [1.54, 1.807) is 16.7 Å². The molecule has 0 radical (unpaired) electrons. The van der Waals surface area contributed by atoms with Gasteiger partial charge in [-0.15, -0.1) is 0 Å². The largest absolute Gasteiger partial charge is 0.508 e. The maximum Gasteiger partial charge on any atom is 0.261 e. The highest BCUT2D eigenvalue weighted by Gasteiger charge is 2.31. The van der Waals surface area contributed by atoms with E-state index >= 15 is 0 Å². The van der Waals surface area contributed by atoms with E-state index in [2.05, 4.69) is 11.4 Å². The van der Waals surface area contributed by atoms with Gasteiger partial charge in [0.25, 0.3) is 5.91 Å². The van der Waals surface area contributed by atoms with E-state index in [1.165, 1.54) is 11.6 Å². The zero-order valence-corrected chi connectivity index (χ0v) is 20.1. The molecule has 8 nitrogen and oxygen atoms in total. The number of anilines is 1. The van der Waals surface area contributed by atoms with E-state index in [-0.39, 0.29) is 47.3 Å².